The summed E-state index contributed by atoms with van der Waals surface area (Å²) in [5, 5.41) is 0. The van der Waals surface area contributed by atoms with E-state index in [-0.39, 0.29) is 17.5 Å². The largest absolute Gasteiger partial charge is 0.329 e. The molecule has 4 nitrogen and oxygen atoms in total. The van der Waals surface area contributed by atoms with Crippen molar-refractivity contribution in [2.75, 3.05) is 6.54 Å². The van der Waals surface area contributed by atoms with Crippen molar-refractivity contribution in [2.24, 2.45) is 11.7 Å². The average Bonchev–Trinajstić information content (AvgIpc) is 2.30. The lowest BCUT2D eigenvalue weighted by Crippen LogP contribution is -2.41. The number of halogens is 2. The van der Waals surface area contributed by atoms with Crippen molar-refractivity contribution in [1.29, 1.82) is 0 Å². The van der Waals surface area contributed by atoms with Gasteiger partial charge in [-0.1, -0.05) is 29.8 Å². The third kappa shape index (κ3) is 5.15. The Morgan fingerprint density at radius 3 is 2.47 bits per heavy atom. The van der Waals surface area contributed by atoms with Crippen LogP contribution in [0, 0.1) is 5.92 Å². The van der Waals surface area contributed by atoms with Gasteiger partial charge in [-0.3, -0.25) is 0 Å². The molecule has 0 saturated heterocycles. The first-order chi connectivity index (χ1) is 8.76. The van der Waals surface area contributed by atoms with Gasteiger partial charge in [0, 0.05) is 21.5 Å². The molecule has 0 radical (unpaired) electrons. The number of hydrogen-bond acceptors (Lipinski definition) is 3. The minimum atomic E-state index is -3.58. The normalized spacial score (nSPS) is 13.8. The molecule has 0 aliphatic rings. The van der Waals surface area contributed by atoms with Crippen LogP contribution < -0.4 is 10.5 Å². The molecule has 1 aromatic rings. The summed E-state index contributed by atoms with van der Waals surface area (Å²) >= 11 is 6.53. The summed E-state index contributed by atoms with van der Waals surface area (Å²) in [6, 6.07) is 4.78. The Bertz CT molecular complexity index is 533. The Labute approximate surface area is 131 Å². The Kier molecular flexibility index (Phi) is 6.46. The zero-order valence-electron chi connectivity index (χ0n) is 10.9. The molecule has 1 unspecified atom stereocenters. The maximum atomic E-state index is 12.3. The SMILES string of the molecule is CC(C)CC(CN)NS(=O)(=O)c1cc(Br)ccc1Br. The minimum Gasteiger partial charge on any atom is -0.329 e. The first kappa shape index (κ1) is 17.1. The van der Waals surface area contributed by atoms with Gasteiger partial charge in [0.05, 0.1) is 4.90 Å². The van der Waals surface area contributed by atoms with Crippen molar-refractivity contribution in [3.05, 3.63) is 27.1 Å². The van der Waals surface area contributed by atoms with Crippen LogP contribution in [-0.2, 0) is 10.0 Å². The van der Waals surface area contributed by atoms with Crippen LogP contribution in [0.4, 0.5) is 0 Å². The number of rotatable bonds is 6. The quantitative estimate of drug-likeness (QED) is 0.752. The van der Waals surface area contributed by atoms with Gasteiger partial charge in [-0.2, -0.15) is 0 Å². The van der Waals surface area contributed by atoms with Crippen molar-refractivity contribution in [3.8, 4) is 0 Å². The van der Waals surface area contributed by atoms with Crippen molar-refractivity contribution >= 4 is 41.9 Å². The molecular weight excluding hydrogens is 396 g/mol. The predicted molar refractivity (Wildman–Crippen MR) is 84.5 cm³/mol. The minimum absolute atomic E-state index is 0.212. The van der Waals surface area contributed by atoms with Gasteiger partial charge in [0.25, 0.3) is 0 Å². The van der Waals surface area contributed by atoms with Gasteiger partial charge in [0.1, 0.15) is 0 Å². The van der Waals surface area contributed by atoms with Gasteiger partial charge >= 0.3 is 0 Å². The number of benzene rings is 1. The fraction of sp³-hybridized carbons (Fsp3) is 0.500. The Hall–Kier alpha value is 0.0500. The molecule has 0 aliphatic carbocycles. The first-order valence-corrected chi connectivity index (χ1v) is 9.00. The highest BCUT2D eigenvalue weighted by molar-refractivity contribution is 9.11. The molecule has 3 N–H and O–H groups in total. The summed E-state index contributed by atoms with van der Waals surface area (Å²) in [6.45, 7) is 4.35. The van der Waals surface area contributed by atoms with Gasteiger partial charge < -0.3 is 5.73 Å². The summed E-state index contributed by atoms with van der Waals surface area (Å²) in [5.41, 5.74) is 5.63. The zero-order valence-corrected chi connectivity index (χ0v) is 14.8. The van der Waals surface area contributed by atoms with Crippen LogP contribution in [0.1, 0.15) is 20.3 Å². The second-order valence-corrected chi connectivity index (χ2v) is 8.21. The lowest BCUT2D eigenvalue weighted by molar-refractivity contribution is 0.465. The summed E-state index contributed by atoms with van der Waals surface area (Å²) in [5.74, 6) is 0.377. The van der Waals surface area contributed by atoms with Gasteiger partial charge in [-0.15, -0.1) is 0 Å². The number of nitrogens with two attached hydrogens (primary N) is 1. The van der Waals surface area contributed by atoms with E-state index in [0.29, 0.717) is 21.3 Å². The molecule has 0 bridgehead atoms. The van der Waals surface area contributed by atoms with E-state index in [1.165, 1.54) is 0 Å². The summed E-state index contributed by atoms with van der Waals surface area (Å²) < 4.78 is 28.6. The van der Waals surface area contributed by atoms with E-state index in [4.69, 9.17) is 5.73 Å². The molecule has 0 fully saturated rings. The highest BCUT2D eigenvalue weighted by atomic mass is 79.9. The molecule has 0 amide bonds. The first-order valence-electron chi connectivity index (χ1n) is 5.93. The van der Waals surface area contributed by atoms with E-state index in [9.17, 15) is 8.42 Å². The van der Waals surface area contributed by atoms with Gasteiger partial charge in [0.15, 0.2) is 0 Å². The number of sulfonamides is 1. The third-order valence-electron chi connectivity index (χ3n) is 2.55. The lowest BCUT2D eigenvalue weighted by atomic mass is 10.1. The van der Waals surface area contributed by atoms with Crippen molar-refractivity contribution in [1.82, 2.24) is 4.72 Å². The topological polar surface area (TPSA) is 72.2 Å². The monoisotopic (exact) mass is 412 g/mol. The van der Waals surface area contributed by atoms with E-state index in [1.54, 1.807) is 18.2 Å². The molecule has 1 atom stereocenters. The van der Waals surface area contributed by atoms with Crippen LogP contribution in [-0.4, -0.2) is 21.0 Å². The highest BCUT2D eigenvalue weighted by Crippen LogP contribution is 2.26. The van der Waals surface area contributed by atoms with E-state index < -0.39 is 10.0 Å². The molecule has 1 aromatic carbocycles. The van der Waals surface area contributed by atoms with Crippen molar-refractivity contribution < 1.29 is 8.42 Å². The standard InChI is InChI=1S/C12H18Br2N2O2S/c1-8(2)5-10(7-15)16-19(17,18)12-6-9(13)3-4-11(12)14/h3-4,6,8,10,16H,5,7,15H2,1-2H3. The van der Waals surface area contributed by atoms with Crippen LogP contribution in [0.15, 0.2) is 32.0 Å². The van der Waals surface area contributed by atoms with Crippen LogP contribution in [0.25, 0.3) is 0 Å². The van der Waals surface area contributed by atoms with Crippen molar-refractivity contribution in [2.45, 2.75) is 31.2 Å². The molecule has 0 saturated carbocycles. The smallest absolute Gasteiger partial charge is 0.242 e. The van der Waals surface area contributed by atoms with E-state index >= 15 is 0 Å². The molecular formula is C12H18Br2N2O2S. The third-order valence-corrected chi connectivity index (χ3v) is 5.55. The molecule has 19 heavy (non-hydrogen) atoms. The molecule has 1 rings (SSSR count). The van der Waals surface area contributed by atoms with E-state index in [2.05, 4.69) is 36.6 Å². The van der Waals surface area contributed by atoms with Gasteiger partial charge in [0.2, 0.25) is 10.0 Å². The highest BCUT2D eigenvalue weighted by Gasteiger charge is 2.22. The second kappa shape index (κ2) is 7.17. The van der Waals surface area contributed by atoms with E-state index in [1.807, 2.05) is 13.8 Å². The molecule has 7 heteroatoms. The lowest BCUT2D eigenvalue weighted by Gasteiger charge is -2.19. The maximum Gasteiger partial charge on any atom is 0.242 e. The average molecular weight is 414 g/mol. The summed E-state index contributed by atoms with van der Waals surface area (Å²) in [6.07, 6.45) is 0.710. The zero-order chi connectivity index (χ0) is 14.6. The van der Waals surface area contributed by atoms with Gasteiger partial charge in [-0.05, 0) is 46.5 Å². The molecule has 0 heterocycles. The maximum absolute atomic E-state index is 12.3. The number of hydrogen-bond donors (Lipinski definition) is 2. The van der Waals surface area contributed by atoms with E-state index in [0.717, 1.165) is 0 Å². The summed E-state index contributed by atoms with van der Waals surface area (Å²) in [7, 11) is -3.58. The van der Waals surface area contributed by atoms with Crippen LogP contribution in [0.5, 0.6) is 0 Å². The fourth-order valence-corrected chi connectivity index (χ4v) is 4.49. The summed E-state index contributed by atoms with van der Waals surface area (Å²) in [4.78, 5) is 0.212. The van der Waals surface area contributed by atoms with Crippen LogP contribution >= 0.6 is 31.9 Å². The van der Waals surface area contributed by atoms with Crippen LogP contribution in [0.3, 0.4) is 0 Å². The van der Waals surface area contributed by atoms with Crippen molar-refractivity contribution in [3.63, 3.8) is 0 Å². The number of nitrogens with one attached hydrogen (secondary N) is 1. The van der Waals surface area contributed by atoms with Gasteiger partial charge in [-0.25, -0.2) is 13.1 Å². The molecule has 0 spiro atoms. The Morgan fingerprint density at radius 2 is 1.95 bits per heavy atom. The molecule has 0 aromatic heterocycles. The predicted octanol–water partition coefficient (Wildman–Crippen LogP) is 2.86. The van der Waals surface area contributed by atoms with Crippen LogP contribution in [0.2, 0.25) is 0 Å². The Balaban J connectivity index is 3.00. The second-order valence-electron chi connectivity index (χ2n) is 4.76. The molecule has 108 valence electrons. The fourth-order valence-electron chi connectivity index (χ4n) is 1.73. The molecule has 0 aliphatic heterocycles. The Morgan fingerprint density at radius 1 is 1.32 bits per heavy atom.